The van der Waals surface area contributed by atoms with Gasteiger partial charge >= 0.3 is 0 Å². The summed E-state index contributed by atoms with van der Waals surface area (Å²) in [5, 5.41) is 17.7. The number of aryl methyl sites for hydroxylation is 1. The number of hydrogen-bond donors (Lipinski definition) is 3. The molecule has 0 spiro atoms. The van der Waals surface area contributed by atoms with Crippen molar-refractivity contribution >= 4 is 28.0 Å². The SMILES string of the molecule is CC1NC=C(NC(=O)CN2CCCC2(C)C)C=C1NC(=O)c1cnn2cc(-c3cnn(C)c3)sc12. The predicted molar refractivity (Wildman–Crippen MR) is 135 cm³/mol. The van der Waals surface area contributed by atoms with Crippen molar-refractivity contribution in [2.75, 3.05) is 13.1 Å². The van der Waals surface area contributed by atoms with Gasteiger partial charge in [0, 0.05) is 42.4 Å². The largest absolute Gasteiger partial charge is 0.381 e. The van der Waals surface area contributed by atoms with Crippen LogP contribution in [0.1, 0.15) is 44.0 Å². The summed E-state index contributed by atoms with van der Waals surface area (Å²) in [7, 11) is 1.87. The minimum absolute atomic E-state index is 0.0373. The van der Waals surface area contributed by atoms with Gasteiger partial charge in [-0.25, -0.2) is 4.52 Å². The Balaban J connectivity index is 1.28. The van der Waals surface area contributed by atoms with E-state index in [-0.39, 0.29) is 23.4 Å². The number of thiazole rings is 1. The van der Waals surface area contributed by atoms with Gasteiger partial charge in [0.1, 0.15) is 4.83 Å². The molecule has 0 radical (unpaired) electrons. The third-order valence-corrected chi connectivity index (χ3v) is 7.81. The van der Waals surface area contributed by atoms with Gasteiger partial charge in [0.15, 0.2) is 0 Å². The van der Waals surface area contributed by atoms with Gasteiger partial charge in [-0.3, -0.25) is 19.2 Å². The zero-order chi connectivity index (χ0) is 24.7. The van der Waals surface area contributed by atoms with E-state index in [2.05, 4.69) is 44.9 Å². The summed E-state index contributed by atoms with van der Waals surface area (Å²) in [6.45, 7) is 7.57. The maximum Gasteiger partial charge on any atom is 0.260 e. The second-order valence-corrected chi connectivity index (χ2v) is 10.8. The van der Waals surface area contributed by atoms with Crippen LogP contribution in [0, 0.1) is 0 Å². The Morgan fingerprint density at radius 1 is 1.23 bits per heavy atom. The van der Waals surface area contributed by atoms with E-state index in [1.54, 1.807) is 27.8 Å². The van der Waals surface area contributed by atoms with E-state index in [1.807, 2.05) is 32.4 Å². The van der Waals surface area contributed by atoms with E-state index in [1.165, 1.54) is 11.3 Å². The molecule has 5 heterocycles. The second-order valence-electron chi connectivity index (χ2n) is 9.73. The third kappa shape index (κ3) is 4.73. The Kier molecular flexibility index (Phi) is 5.97. The van der Waals surface area contributed by atoms with Gasteiger partial charge in [0.25, 0.3) is 5.91 Å². The van der Waals surface area contributed by atoms with E-state index in [9.17, 15) is 9.59 Å². The highest BCUT2D eigenvalue weighted by atomic mass is 32.1. The molecule has 11 heteroatoms. The number of carbonyl (C=O) groups excluding carboxylic acids is 2. The zero-order valence-corrected chi connectivity index (χ0v) is 21.1. The molecule has 184 valence electrons. The quantitative estimate of drug-likeness (QED) is 0.485. The van der Waals surface area contributed by atoms with Crippen LogP contribution in [0.25, 0.3) is 15.3 Å². The Morgan fingerprint density at radius 2 is 2.06 bits per heavy atom. The molecular formula is C24H30N8O2S. The molecule has 0 aromatic carbocycles. The molecule has 10 nitrogen and oxygen atoms in total. The van der Waals surface area contributed by atoms with E-state index in [4.69, 9.17) is 0 Å². The van der Waals surface area contributed by atoms with Crippen molar-refractivity contribution in [3.8, 4) is 10.4 Å². The number of nitrogens with zero attached hydrogens (tertiary/aromatic N) is 5. The van der Waals surface area contributed by atoms with Crippen molar-refractivity contribution in [2.24, 2.45) is 7.05 Å². The molecule has 3 N–H and O–H groups in total. The van der Waals surface area contributed by atoms with Crippen LogP contribution in [0.15, 0.2) is 48.5 Å². The van der Waals surface area contributed by atoms with Gasteiger partial charge in [0.2, 0.25) is 5.91 Å². The average molecular weight is 495 g/mol. The predicted octanol–water partition coefficient (Wildman–Crippen LogP) is 2.23. The van der Waals surface area contributed by atoms with Gasteiger partial charge < -0.3 is 16.0 Å². The first kappa shape index (κ1) is 23.3. The van der Waals surface area contributed by atoms with Crippen LogP contribution < -0.4 is 16.0 Å². The molecule has 1 unspecified atom stereocenters. The second kappa shape index (κ2) is 8.97. The molecule has 2 amide bonds. The lowest BCUT2D eigenvalue weighted by atomic mass is 10.0. The highest BCUT2D eigenvalue weighted by Crippen LogP contribution is 2.30. The number of allylic oxidation sites excluding steroid dienone is 1. The van der Waals surface area contributed by atoms with Crippen LogP contribution in [0.3, 0.4) is 0 Å². The van der Waals surface area contributed by atoms with Gasteiger partial charge in [-0.1, -0.05) is 0 Å². The van der Waals surface area contributed by atoms with E-state index < -0.39 is 0 Å². The highest BCUT2D eigenvalue weighted by molar-refractivity contribution is 7.21. The van der Waals surface area contributed by atoms with Crippen molar-refractivity contribution in [1.29, 1.82) is 0 Å². The molecule has 0 saturated carbocycles. The van der Waals surface area contributed by atoms with Crippen molar-refractivity contribution in [2.45, 2.75) is 45.2 Å². The molecule has 1 saturated heterocycles. The monoisotopic (exact) mass is 494 g/mol. The van der Waals surface area contributed by atoms with Crippen LogP contribution in [0.5, 0.6) is 0 Å². The standard InChI is InChI=1S/C24H30N8O2S/c1-15-19(8-17(10-25-15)28-21(33)14-31-7-5-6-24(31,2)3)29-22(34)18-11-27-32-13-20(35-23(18)32)16-9-26-30(4)12-16/h8-13,15,25H,5-7,14H2,1-4H3,(H,28,33)(H,29,34). The molecule has 3 aromatic heterocycles. The number of rotatable bonds is 6. The smallest absolute Gasteiger partial charge is 0.260 e. The fourth-order valence-electron chi connectivity index (χ4n) is 4.51. The number of hydrogen-bond acceptors (Lipinski definition) is 7. The van der Waals surface area contributed by atoms with Gasteiger partial charge in [-0.2, -0.15) is 10.2 Å². The van der Waals surface area contributed by atoms with E-state index in [0.29, 0.717) is 23.5 Å². The minimum atomic E-state index is -0.245. The number of likely N-dealkylation sites (tertiary alicyclic amines) is 1. The topological polar surface area (TPSA) is 109 Å². The fraction of sp³-hybridized carbons (Fsp3) is 0.417. The summed E-state index contributed by atoms with van der Waals surface area (Å²) >= 11 is 1.49. The lowest BCUT2D eigenvalue weighted by Crippen LogP contribution is -2.45. The highest BCUT2D eigenvalue weighted by Gasteiger charge is 2.33. The van der Waals surface area contributed by atoms with Crippen LogP contribution in [0.2, 0.25) is 0 Å². The van der Waals surface area contributed by atoms with Crippen molar-refractivity contribution in [3.63, 3.8) is 0 Å². The van der Waals surface area contributed by atoms with Crippen LogP contribution in [-0.2, 0) is 11.8 Å². The van der Waals surface area contributed by atoms with Gasteiger partial charge in [-0.15, -0.1) is 11.3 Å². The molecule has 5 rings (SSSR count). The van der Waals surface area contributed by atoms with Crippen LogP contribution in [-0.4, -0.2) is 60.8 Å². The van der Waals surface area contributed by atoms with E-state index in [0.717, 1.165) is 34.7 Å². The van der Waals surface area contributed by atoms with Crippen molar-refractivity contribution in [1.82, 2.24) is 40.2 Å². The first-order chi connectivity index (χ1) is 16.7. The zero-order valence-electron chi connectivity index (χ0n) is 20.3. The lowest BCUT2D eigenvalue weighted by molar-refractivity contribution is -0.122. The summed E-state index contributed by atoms with van der Waals surface area (Å²) < 4.78 is 3.45. The van der Waals surface area contributed by atoms with Crippen molar-refractivity contribution < 1.29 is 9.59 Å². The molecule has 2 aliphatic rings. The first-order valence-corrected chi connectivity index (χ1v) is 12.5. The molecule has 2 aliphatic heterocycles. The number of fused-ring (bicyclic) bond motifs is 1. The Bertz CT molecular complexity index is 1340. The fourth-order valence-corrected chi connectivity index (χ4v) is 5.54. The molecule has 1 atom stereocenters. The number of amides is 2. The number of aromatic nitrogens is 4. The van der Waals surface area contributed by atoms with E-state index >= 15 is 0 Å². The molecule has 35 heavy (non-hydrogen) atoms. The molecule has 0 bridgehead atoms. The maximum atomic E-state index is 13.2. The minimum Gasteiger partial charge on any atom is -0.381 e. The Hall–Kier alpha value is -3.44. The summed E-state index contributed by atoms with van der Waals surface area (Å²) in [6, 6.07) is -0.113. The normalized spacial score (nSPS) is 19.8. The Labute approximate surface area is 207 Å². The Morgan fingerprint density at radius 3 is 2.77 bits per heavy atom. The molecule has 3 aromatic rings. The van der Waals surface area contributed by atoms with Crippen LogP contribution >= 0.6 is 11.3 Å². The molecular weight excluding hydrogens is 464 g/mol. The average Bonchev–Trinajstić information content (AvgIpc) is 3.55. The summed E-state index contributed by atoms with van der Waals surface area (Å²) in [5.74, 6) is -0.310. The maximum absolute atomic E-state index is 13.2. The van der Waals surface area contributed by atoms with Crippen molar-refractivity contribution in [3.05, 3.63) is 54.0 Å². The first-order valence-electron chi connectivity index (χ1n) is 11.7. The van der Waals surface area contributed by atoms with Gasteiger partial charge in [-0.05, 0) is 46.2 Å². The summed E-state index contributed by atoms with van der Waals surface area (Å²) in [6.07, 6.45) is 13.0. The lowest BCUT2D eigenvalue weighted by Gasteiger charge is -2.31. The number of nitrogens with one attached hydrogen (secondary N) is 3. The molecule has 1 fully saturated rings. The molecule has 0 aliphatic carbocycles. The van der Waals surface area contributed by atoms with Crippen LogP contribution in [0.4, 0.5) is 0 Å². The van der Waals surface area contributed by atoms with Gasteiger partial charge in [0.05, 0.1) is 41.1 Å². The number of carbonyl (C=O) groups is 2. The summed E-state index contributed by atoms with van der Waals surface area (Å²) in [5.41, 5.74) is 2.81. The third-order valence-electron chi connectivity index (χ3n) is 6.65. The summed E-state index contributed by atoms with van der Waals surface area (Å²) in [4.78, 5) is 29.8. The number of dihydropyridines is 1.